The lowest BCUT2D eigenvalue weighted by molar-refractivity contribution is -0.142. The SMILES string of the molecule is CCN(CC(=O)O)C(=O)/C=C/c1ccc(Br)s1. The molecule has 17 heavy (non-hydrogen) atoms. The minimum Gasteiger partial charge on any atom is -0.480 e. The summed E-state index contributed by atoms with van der Waals surface area (Å²) in [5.41, 5.74) is 0. The smallest absolute Gasteiger partial charge is 0.323 e. The summed E-state index contributed by atoms with van der Waals surface area (Å²) in [6, 6.07) is 3.77. The molecule has 0 aliphatic carbocycles. The van der Waals surface area contributed by atoms with Gasteiger partial charge in [0.25, 0.3) is 0 Å². The van der Waals surface area contributed by atoms with Crippen LogP contribution in [0.2, 0.25) is 0 Å². The van der Waals surface area contributed by atoms with Gasteiger partial charge in [-0.05, 0) is 41.1 Å². The van der Waals surface area contributed by atoms with E-state index in [4.69, 9.17) is 5.11 Å². The van der Waals surface area contributed by atoms with E-state index in [-0.39, 0.29) is 12.5 Å². The van der Waals surface area contributed by atoms with Gasteiger partial charge in [0.15, 0.2) is 0 Å². The van der Waals surface area contributed by atoms with Crippen molar-refractivity contribution in [3.05, 3.63) is 26.9 Å². The first-order chi connectivity index (χ1) is 8.02. The average Bonchev–Trinajstić information content (AvgIpc) is 2.68. The second kappa shape index (κ2) is 6.56. The molecule has 0 aliphatic rings. The van der Waals surface area contributed by atoms with Crippen molar-refractivity contribution in [2.75, 3.05) is 13.1 Å². The highest BCUT2D eigenvalue weighted by molar-refractivity contribution is 9.11. The van der Waals surface area contributed by atoms with Crippen molar-refractivity contribution in [3.63, 3.8) is 0 Å². The van der Waals surface area contributed by atoms with Gasteiger partial charge in [-0.1, -0.05) is 0 Å². The molecule has 6 heteroatoms. The molecule has 1 aromatic rings. The van der Waals surface area contributed by atoms with E-state index in [0.29, 0.717) is 6.54 Å². The van der Waals surface area contributed by atoms with Gasteiger partial charge < -0.3 is 10.0 Å². The molecule has 92 valence electrons. The van der Waals surface area contributed by atoms with Gasteiger partial charge in [0.05, 0.1) is 3.79 Å². The summed E-state index contributed by atoms with van der Waals surface area (Å²) in [6.45, 7) is 1.85. The minimum atomic E-state index is -1.01. The summed E-state index contributed by atoms with van der Waals surface area (Å²) in [5, 5.41) is 8.63. The fourth-order valence-corrected chi connectivity index (χ4v) is 2.51. The summed E-state index contributed by atoms with van der Waals surface area (Å²) in [7, 11) is 0. The van der Waals surface area contributed by atoms with Crippen LogP contribution in [-0.2, 0) is 9.59 Å². The molecular weight excluding hydrogens is 306 g/mol. The monoisotopic (exact) mass is 317 g/mol. The van der Waals surface area contributed by atoms with Crippen molar-refractivity contribution >= 4 is 45.2 Å². The molecule has 1 aromatic heterocycles. The number of likely N-dealkylation sites (N-methyl/N-ethyl adjacent to an activating group) is 1. The van der Waals surface area contributed by atoms with Gasteiger partial charge in [0.2, 0.25) is 5.91 Å². The zero-order valence-electron chi connectivity index (χ0n) is 9.22. The van der Waals surface area contributed by atoms with Crippen LogP contribution >= 0.6 is 27.3 Å². The predicted octanol–water partition coefficient (Wildman–Crippen LogP) is 2.46. The fourth-order valence-electron chi connectivity index (χ4n) is 1.19. The lowest BCUT2D eigenvalue weighted by atomic mass is 10.3. The quantitative estimate of drug-likeness (QED) is 0.849. The average molecular weight is 318 g/mol. The second-order valence-corrected chi connectivity index (χ2v) is 5.72. The molecule has 0 bridgehead atoms. The Morgan fingerprint density at radius 3 is 2.71 bits per heavy atom. The number of rotatable bonds is 5. The van der Waals surface area contributed by atoms with Crippen molar-refractivity contribution in [3.8, 4) is 0 Å². The Balaban J connectivity index is 2.63. The topological polar surface area (TPSA) is 57.6 Å². The molecule has 0 radical (unpaired) electrons. The van der Waals surface area contributed by atoms with Gasteiger partial charge in [-0.3, -0.25) is 9.59 Å². The van der Waals surface area contributed by atoms with E-state index in [2.05, 4.69) is 15.9 Å². The van der Waals surface area contributed by atoms with Crippen LogP contribution in [0.5, 0.6) is 0 Å². The fraction of sp³-hybridized carbons (Fsp3) is 0.273. The summed E-state index contributed by atoms with van der Waals surface area (Å²) in [6.07, 6.45) is 3.08. The van der Waals surface area contributed by atoms with Crippen molar-refractivity contribution < 1.29 is 14.7 Å². The van der Waals surface area contributed by atoms with Crippen molar-refractivity contribution in [2.45, 2.75) is 6.92 Å². The van der Waals surface area contributed by atoms with E-state index in [1.807, 2.05) is 12.1 Å². The van der Waals surface area contributed by atoms with Crippen molar-refractivity contribution in [1.29, 1.82) is 0 Å². The number of hydrogen-bond acceptors (Lipinski definition) is 3. The van der Waals surface area contributed by atoms with Gasteiger partial charge in [0.1, 0.15) is 6.54 Å². The van der Waals surface area contributed by atoms with E-state index in [1.54, 1.807) is 13.0 Å². The molecule has 0 fully saturated rings. The van der Waals surface area contributed by atoms with E-state index in [9.17, 15) is 9.59 Å². The normalized spacial score (nSPS) is 10.7. The number of amides is 1. The number of nitrogens with zero attached hydrogens (tertiary/aromatic N) is 1. The lowest BCUT2D eigenvalue weighted by Crippen LogP contribution is -2.34. The highest BCUT2D eigenvalue weighted by atomic mass is 79.9. The van der Waals surface area contributed by atoms with Crippen LogP contribution in [-0.4, -0.2) is 35.0 Å². The van der Waals surface area contributed by atoms with Gasteiger partial charge in [-0.25, -0.2) is 0 Å². The van der Waals surface area contributed by atoms with Gasteiger partial charge in [0, 0.05) is 17.5 Å². The van der Waals surface area contributed by atoms with Gasteiger partial charge in [-0.2, -0.15) is 0 Å². The molecule has 1 rings (SSSR count). The third-order valence-corrected chi connectivity index (χ3v) is 3.59. The summed E-state index contributed by atoms with van der Waals surface area (Å²) in [4.78, 5) is 24.4. The number of thiophene rings is 1. The number of hydrogen-bond donors (Lipinski definition) is 1. The highest BCUT2D eigenvalue weighted by Gasteiger charge is 2.11. The molecule has 0 atom stereocenters. The number of carboxylic acid groups (broad SMARTS) is 1. The molecule has 0 aromatic carbocycles. The van der Waals surface area contributed by atoms with E-state index >= 15 is 0 Å². The van der Waals surface area contributed by atoms with E-state index in [0.717, 1.165) is 8.66 Å². The maximum absolute atomic E-state index is 11.7. The Hall–Kier alpha value is -1.14. The molecule has 0 unspecified atom stereocenters. The van der Waals surface area contributed by atoms with Crippen LogP contribution in [0.15, 0.2) is 22.0 Å². The Kier molecular flexibility index (Phi) is 5.37. The summed E-state index contributed by atoms with van der Waals surface area (Å²) < 4.78 is 0.988. The van der Waals surface area contributed by atoms with Gasteiger partial charge in [-0.15, -0.1) is 11.3 Å². The molecular formula is C11H12BrNO3S. The maximum atomic E-state index is 11.7. The minimum absolute atomic E-state index is 0.270. The lowest BCUT2D eigenvalue weighted by Gasteiger charge is -2.15. The van der Waals surface area contributed by atoms with Crippen LogP contribution in [0.4, 0.5) is 0 Å². The molecule has 4 nitrogen and oxygen atoms in total. The predicted molar refractivity (Wildman–Crippen MR) is 70.9 cm³/mol. The Morgan fingerprint density at radius 2 is 2.24 bits per heavy atom. The molecule has 0 saturated carbocycles. The first kappa shape index (κ1) is 13.9. The standard InChI is InChI=1S/C11H12BrNO3S/c1-2-13(7-11(15)16)10(14)6-4-8-3-5-9(12)17-8/h3-6H,2,7H2,1H3,(H,15,16)/b6-4+. The highest BCUT2D eigenvalue weighted by Crippen LogP contribution is 2.22. The zero-order valence-corrected chi connectivity index (χ0v) is 11.6. The van der Waals surface area contributed by atoms with Crippen LogP contribution in [0, 0.1) is 0 Å². The number of carboxylic acids is 1. The maximum Gasteiger partial charge on any atom is 0.323 e. The summed E-state index contributed by atoms with van der Waals surface area (Å²) in [5.74, 6) is -1.30. The number of carbonyl (C=O) groups excluding carboxylic acids is 1. The first-order valence-electron chi connectivity index (χ1n) is 4.97. The molecule has 1 amide bonds. The number of aliphatic carboxylic acids is 1. The van der Waals surface area contributed by atoms with E-state index in [1.165, 1.54) is 22.3 Å². The number of carbonyl (C=O) groups is 2. The third-order valence-electron chi connectivity index (χ3n) is 2.00. The number of halogens is 1. The molecule has 1 heterocycles. The Labute approximate surface area is 112 Å². The van der Waals surface area contributed by atoms with E-state index < -0.39 is 5.97 Å². The Morgan fingerprint density at radius 1 is 1.53 bits per heavy atom. The summed E-state index contributed by atoms with van der Waals surface area (Å²) >= 11 is 4.83. The first-order valence-corrected chi connectivity index (χ1v) is 6.58. The van der Waals surface area contributed by atoms with Gasteiger partial charge >= 0.3 is 5.97 Å². The Bertz CT molecular complexity index is 442. The molecule has 0 spiro atoms. The van der Waals surface area contributed by atoms with Crippen LogP contribution in [0.1, 0.15) is 11.8 Å². The van der Waals surface area contributed by atoms with Crippen LogP contribution in [0.25, 0.3) is 6.08 Å². The zero-order chi connectivity index (χ0) is 12.8. The molecule has 0 saturated heterocycles. The third kappa shape index (κ3) is 4.70. The van der Waals surface area contributed by atoms with Crippen LogP contribution < -0.4 is 0 Å². The second-order valence-electron chi connectivity index (χ2n) is 3.22. The molecule has 0 aliphatic heterocycles. The van der Waals surface area contributed by atoms with Crippen molar-refractivity contribution in [2.24, 2.45) is 0 Å². The largest absolute Gasteiger partial charge is 0.480 e. The molecule has 1 N–H and O–H groups in total. The van der Waals surface area contributed by atoms with Crippen molar-refractivity contribution in [1.82, 2.24) is 4.90 Å². The van der Waals surface area contributed by atoms with Crippen LogP contribution in [0.3, 0.4) is 0 Å².